The molecular formula is C17H30N2. The second-order valence-electron chi connectivity index (χ2n) is 7.77. The van der Waals surface area contributed by atoms with Crippen LogP contribution in [0, 0.1) is 23.7 Å². The first-order valence-corrected chi connectivity index (χ1v) is 8.81. The van der Waals surface area contributed by atoms with Gasteiger partial charge in [-0.15, -0.1) is 0 Å². The van der Waals surface area contributed by atoms with Crippen LogP contribution in [0.5, 0.6) is 0 Å². The molecule has 0 spiro atoms. The van der Waals surface area contributed by atoms with Gasteiger partial charge in [-0.25, -0.2) is 0 Å². The van der Waals surface area contributed by atoms with Crippen LogP contribution in [0.15, 0.2) is 0 Å². The molecule has 4 bridgehead atoms. The molecule has 0 aliphatic heterocycles. The molecule has 19 heavy (non-hydrogen) atoms. The molecule has 0 aromatic heterocycles. The minimum Gasteiger partial charge on any atom is -0.312 e. The molecule has 5 saturated carbocycles. The van der Waals surface area contributed by atoms with Crippen molar-refractivity contribution < 1.29 is 0 Å². The molecule has 0 aromatic carbocycles. The fourth-order valence-corrected chi connectivity index (χ4v) is 5.67. The molecule has 0 aromatic rings. The summed E-state index contributed by atoms with van der Waals surface area (Å²) in [6, 6.07) is 1.82. The van der Waals surface area contributed by atoms with E-state index in [9.17, 15) is 0 Å². The SMILES string of the molecule is CCN(CCNC1C2CC3CC(C2)CC1C3)C1CC1. The Hall–Kier alpha value is -0.0800. The third kappa shape index (κ3) is 2.47. The second kappa shape index (κ2) is 5.04. The van der Waals surface area contributed by atoms with Crippen LogP contribution in [0.3, 0.4) is 0 Å². The Morgan fingerprint density at radius 1 is 0.947 bits per heavy atom. The standard InChI is InChI=1S/C17H30N2/c1-2-19(16-3-4-16)6-5-18-17-14-8-12-7-13(10-14)11-15(17)9-12/h12-18H,2-11H2,1H3. The highest BCUT2D eigenvalue weighted by molar-refractivity contribution is 5.01. The first-order chi connectivity index (χ1) is 9.33. The smallest absolute Gasteiger partial charge is 0.0124 e. The lowest BCUT2D eigenvalue weighted by Crippen LogP contribution is -2.55. The van der Waals surface area contributed by atoms with Crippen molar-refractivity contribution in [3.8, 4) is 0 Å². The van der Waals surface area contributed by atoms with Crippen molar-refractivity contribution in [2.24, 2.45) is 23.7 Å². The Balaban J connectivity index is 1.28. The highest BCUT2D eigenvalue weighted by atomic mass is 15.2. The third-order valence-electron chi connectivity index (χ3n) is 6.48. The van der Waals surface area contributed by atoms with Gasteiger partial charge in [-0.2, -0.15) is 0 Å². The van der Waals surface area contributed by atoms with E-state index in [4.69, 9.17) is 0 Å². The molecule has 5 aliphatic rings. The van der Waals surface area contributed by atoms with Crippen LogP contribution in [0.4, 0.5) is 0 Å². The van der Waals surface area contributed by atoms with E-state index in [0.29, 0.717) is 0 Å². The highest BCUT2D eigenvalue weighted by Gasteiger charge is 2.47. The zero-order valence-corrected chi connectivity index (χ0v) is 12.5. The van der Waals surface area contributed by atoms with E-state index >= 15 is 0 Å². The Bertz CT molecular complexity index is 295. The van der Waals surface area contributed by atoms with Gasteiger partial charge < -0.3 is 5.32 Å². The average Bonchev–Trinajstić information content (AvgIpc) is 3.21. The third-order valence-corrected chi connectivity index (χ3v) is 6.48. The molecule has 0 amide bonds. The van der Waals surface area contributed by atoms with Gasteiger partial charge in [0.15, 0.2) is 0 Å². The van der Waals surface area contributed by atoms with Crippen LogP contribution in [0.25, 0.3) is 0 Å². The number of hydrogen-bond donors (Lipinski definition) is 1. The largest absolute Gasteiger partial charge is 0.312 e. The molecule has 5 aliphatic carbocycles. The van der Waals surface area contributed by atoms with E-state index in [2.05, 4.69) is 17.1 Å². The van der Waals surface area contributed by atoms with Crippen molar-refractivity contribution in [1.82, 2.24) is 10.2 Å². The molecule has 2 nitrogen and oxygen atoms in total. The van der Waals surface area contributed by atoms with Crippen molar-refractivity contribution in [1.29, 1.82) is 0 Å². The quantitative estimate of drug-likeness (QED) is 0.792. The van der Waals surface area contributed by atoms with Crippen molar-refractivity contribution in [2.45, 2.75) is 64.0 Å². The van der Waals surface area contributed by atoms with Gasteiger partial charge in [0.1, 0.15) is 0 Å². The van der Waals surface area contributed by atoms with Gasteiger partial charge in [0, 0.05) is 25.2 Å². The minimum absolute atomic E-state index is 0.880. The Morgan fingerprint density at radius 2 is 1.58 bits per heavy atom. The minimum atomic E-state index is 0.880. The van der Waals surface area contributed by atoms with Crippen LogP contribution in [0.1, 0.15) is 51.9 Å². The Morgan fingerprint density at radius 3 is 2.11 bits per heavy atom. The summed E-state index contributed by atoms with van der Waals surface area (Å²) in [5, 5.41) is 3.97. The fraction of sp³-hybridized carbons (Fsp3) is 1.00. The number of nitrogens with zero attached hydrogens (tertiary/aromatic N) is 1. The lowest BCUT2D eigenvalue weighted by atomic mass is 9.54. The molecule has 1 N–H and O–H groups in total. The molecule has 0 heterocycles. The summed E-state index contributed by atoms with van der Waals surface area (Å²) in [4.78, 5) is 2.68. The molecule has 2 heteroatoms. The summed E-state index contributed by atoms with van der Waals surface area (Å²) in [6.45, 7) is 6.08. The first-order valence-electron chi connectivity index (χ1n) is 8.81. The van der Waals surface area contributed by atoms with E-state index < -0.39 is 0 Å². The molecule has 0 radical (unpaired) electrons. The maximum atomic E-state index is 3.97. The van der Waals surface area contributed by atoms with Gasteiger partial charge in [0.05, 0.1) is 0 Å². The molecule has 0 unspecified atom stereocenters. The first kappa shape index (κ1) is 12.6. The van der Waals surface area contributed by atoms with Gasteiger partial charge in [-0.3, -0.25) is 4.90 Å². The topological polar surface area (TPSA) is 15.3 Å². The van der Waals surface area contributed by atoms with E-state index in [1.165, 1.54) is 32.5 Å². The summed E-state index contributed by atoms with van der Waals surface area (Å²) in [6.07, 6.45) is 10.7. The lowest BCUT2D eigenvalue weighted by Gasteiger charge is -2.54. The van der Waals surface area contributed by atoms with Gasteiger partial charge in [-0.1, -0.05) is 6.92 Å². The van der Waals surface area contributed by atoms with E-state index in [-0.39, 0.29) is 0 Å². The van der Waals surface area contributed by atoms with Crippen LogP contribution in [-0.2, 0) is 0 Å². The van der Waals surface area contributed by atoms with Crippen molar-refractivity contribution in [3.63, 3.8) is 0 Å². The molecule has 5 rings (SSSR count). The summed E-state index contributed by atoms with van der Waals surface area (Å²) in [5.74, 6) is 4.29. The van der Waals surface area contributed by atoms with E-state index in [1.807, 2.05) is 0 Å². The van der Waals surface area contributed by atoms with Gasteiger partial charge in [-0.05, 0) is 75.2 Å². The van der Waals surface area contributed by atoms with Crippen molar-refractivity contribution in [2.75, 3.05) is 19.6 Å². The molecule has 0 atom stereocenters. The predicted octanol–water partition coefficient (Wildman–Crippen LogP) is 2.89. The van der Waals surface area contributed by atoms with Gasteiger partial charge >= 0.3 is 0 Å². The van der Waals surface area contributed by atoms with Crippen molar-refractivity contribution in [3.05, 3.63) is 0 Å². The number of nitrogens with one attached hydrogen (secondary N) is 1. The number of rotatable bonds is 6. The monoisotopic (exact) mass is 262 g/mol. The number of likely N-dealkylation sites (N-methyl/N-ethyl adjacent to an activating group) is 1. The summed E-state index contributed by atoms with van der Waals surface area (Å²) < 4.78 is 0. The molecular weight excluding hydrogens is 232 g/mol. The Labute approximate surface area is 118 Å². The summed E-state index contributed by atoms with van der Waals surface area (Å²) in [5.41, 5.74) is 0. The zero-order chi connectivity index (χ0) is 12.8. The van der Waals surface area contributed by atoms with Crippen LogP contribution in [0.2, 0.25) is 0 Å². The van der Waals surface area contributed by atoms with Crippen LogP contribution in [-0.4, -0.2) is 36.6 Å². The number of hydrogen-bond acceptors (Lipinski definition) is 2. The molecule has 0 saturated heterocycles. The maximum absolute atomic E-state index is 3.97. The Kier molecular flexibility index (Phi) is 3.35. The van der Waals surface area contributed by atoms with E-state index in [1.54, 1.807) is 32.1 Å². The second-order valence-corrected chi connectivity index (χ2v) is 7.77. The van der Waals surface area contributed by atoms with Gasteiger partial charge in [0.25, 0.3) is 0 Å². The van der Waals surface area contributed by atoms with Crippen LogP contribution < -0.4 is 5.32 Å². The average molecular weight is 262 g/mol. The molecule has 5 fully saturated rings. The fourth-order valence-electron chi connectivity index (χ4n) is 5.67. The van der Waals surface area contributed by atoms with Crippen LogP contribution >= 0.6 is 0 Å². The predicted molar refractivity (Wildman–Crippen MR) is 79.1 cm³/mol. The lowest BCUT2D eigenvalue weighted by molar-refractivity contribution is -0.0141. The summed E-state index contributed by atoms with van der Waals surface area (Å²) >= 11 is 0. The van der Waals surface area contributed by atoms with Crippen molar-refractivity contribution >= 4 is 0 Å². The molecule has 108 valence electrons. The zero-order valence-electron chi connectivity index (χ0n) is 12.5. The normalized spacial score (nSPS) is 44.2. The van der Waals surface area contributed by atoms with E-state index in [0.717, 1.165) is 35.8 Å². The maximum Gasteiger partial charge on any atom is 0.0124 e. The highest BCUT2D eigenvalue weighted by Crippen LogP contribution is 2.53. The summed E-state index contributed by atoms with van der Waals surface area (Å²) in [7, 11) is 0. The van der Waals surface area contributed by atoms with Gasteiger partial charge in [0.2, 0.25) is 0 Å².